The molecule has 0 bridgehead atoms. The molecule has 0 amide bonds. The van der Waals surface area contributed by atoms with E-state index in [-0.39, 0.29) is 18.5 Å². The minimum Gasteiger partial charge on any atom is -0.465 e. The van der Waals surface area contributed by atoms with Gasteiger partial charge in [-0.1, -0.05) is 77.6 Å². The zero-order valence-electron chi connectivity index (χ0n) is 15.8. The number of hydrogen-bond donors (Lipinski definition) is 2. The molecule has 2 N–H and O–H groups in total. The van der Waals surface area contributed by atoms with E-state index >= 15 is 0 Å². The molecule has 4 heteroatoms. The first kappa shape index (κ1) is 23.4. The van der Waals surface area contributed by atoms with Crippen LogP contribution in [0.1, 0.15) is 96.8 Å². The van der Waals surface area contributed by atoms with Gasteiger partial charge in [0.15, 0.2) is 0 Å². The van der Waals surface area contributed by atoms with Crippen LogP contribution in [-0.2, 0) is 9.53 Å². The van der Waals surface area contributed by atoms with E-state index in [0.717, 1.165) is 19.3 Å². The van der Waals surface area contributed by atoms with Gasteiger partial charge in [0.25, 0.3) is 0 Å². The fourth-order valence-electron chi connectivity index (χ4n) is 2.69. The summed E-state index contributed by atoms with van der Waals surface area (Å²) in [6.45, 7) is 2.60. The van der Waals surface area contributed by atoms with Gasteiger partial charge >= 0.3 is 5.97 Å². The Balaban J connectivity index is 3.13. The van der Waals surface area contributed by atoms with Crippen molar-refractivity contribution in [2.45, 2.75) is 96.8 Å². The highest BCUT2D eigenvalue weighted by Crippen LogP contribution is 2.13. The summed E-state index contributed by atoms with van der Waals surface area (Å²) >= 11 is 0. The largest absolute Gasteiger partial charge is 0.465 e. The van der Waals surface area contributed by atoms with Crippen LogP contribution in [0.5, 0.6) is 0 Å². The number of hydrogen-bond acceptors (Lipinski definition) is 4. The highest BCUT2D eigenvalue weighted by atomic mass is 16.5. The standard InChI is InChI=1S/C20H40O4/c1-19(17-22)18-24-20(23)15-13-11-9-7-5-3-2-4-6-8-10-12-14-16-21/h19,21-22H,2-18H2,1H3. The number of carbonyl (C=O) groups is 1. The maximum Gasteiger partial charge on any atom is 0.305 e. The van der Waals surface area contributed by atoms with Crippen molar-refractivity contribution in [3.63, 3.8) is 0 Å². The molecule has 4 nitrogen and oxygen atoms in total. The molecule has 0 saturated heterocycles. The third kappa shape index (κ3) is 17.7. The van der Waals surface area contributed by atoms with Crippen molar-refractivity contribution in [2.24, 2.45) is 5.92 Å². The van der Waals surface area contributed by atoms with Crippen LogP contribution >= 0.6 is 0 Å². The molecule has 0 radical (unpaired) electrons. The van der Waals surface area contributed by atoms with Crippen LogP contribution in [0.4, 0.5) is 0 Å². The molecule has 0 aliphatic heterocycles. The van der Waals surface area contributed by atoms with Gasteiger partial charge in [0.05, 0.1) is 6.61 Å². The Morgan fingerprint density at radius 1 is 0.750 bits per heavy atom. The number of ether oxygens (including phenoxy) is 1. The van der Waals surface area contributed by atoms with Gasteiger partial charge in [0, 0.05) is 25.6 Å². The number of rotatable bonds is 18. The van der Waals surface area contributed by atoms with Crippen molar-refractivity contribution in [3.05, 3.63) is 0 Å². The van der Waals surface area contributed by atoms with Crippen molar-refractivity contribution < 1.29 is 19.7 Å². The molecule has 24 heavy (non-hydrogen) atoms. The van der Waals surface area contributed by atoms with Crippen LogP contribution in [0.3, 0.4) is 0 Å². The van der Waals surface area contributed by atoms with E-state index in [0.29, 0.717) is 19.6 Å². The fraction of sp³-hybridized carbons (Fsp3) is 0.950. The first-order valence-corrected chi connectivity index (χ1v) is 10.1. The lowest BCUT2D eigenvalue weighted by molar-refractivity contribution is -0.145. The molecule has 0 aliphatic rings. The van der Waals surface area contributed by atoms with Gasteiger partial charge in [0.1, 0.15) is 0 Å². The predicted molar refractivity (Wildman–Crippen MR) is 98.9 cm³/mol. The van der Waals surface area contributed by atoms with E-state index in [1.165, 1.54) is 64.2 Å². The normalized spacial score (nSPS) is 12.3. The van der Waals surface area contributed by atoms with Gasteiger partial charge in [-0.05, 0) is 12.8 Å². The Labute approximate surface area is 149 Å². The van der Waals surface area contributed by atoms with Crippen molar-refractivity contribution in [3.8, 4) is 0 Å². The molecular formula is C20H40O4. The highest BCUT2D eigenvalue weighted by molar-refractivity contribution is 5.69. The molecule has 1 atom stereocenters. The molecule has 0 rings (SSSR count). The van der Waals surface area contributed by atoms with E-state index < -0.39 is 0 Å². The van der Waals surface area contributed by atoms with E-state index in [1.54, 1.807) is 0 Å². The molecule has 1 unspecified atom stereocenters. The van der Waals surface area contributed by atoms with Gasteiger partial charge in [-0.25, -0.2) is 0 Å². The topological polar surface area (TPSA) is 66.8 Å². The second-order valence-electron chi connectivity index (χ2n) is 7.04. The minimum absolute atomic E-state index is 0.0366. The lowest BCUT2D eigenvalue weighted by Crippen LogP contribution is -2.14. The van der Waals surface area contributed by atoms with Crippen LogP contribution in [0.25, 0.3) is 0 Å². The van der Waals surface area contributed by atoms with Crippen molar-refractivity contribution in [1.82, 2.24) is 0 Å². The van der Waals surface area contributed by atoms with Crippen molar-refractivity contribution in [1.29, 1.82) is 0 Å². The lowest BCUT2D eigenvalue weighted by Gasteiger charge is -2.08. The van der Waals surface area contributed by atoms with E-state index in [1.807, 2.05) is 6.92 Å². The zero-order chi connectivity index (χ0) is 17.9. The molecule has 0 saturated carbocycles. The van der Waals surface area contributed by atoms with Crippen molar-refractivity contribution in [2.75, 3.05) is 19.8 Å². The highest BCUT2D eigenvalue weighted by Gasteiger charge is 2.06. The van der Waals surface area contributed by atoms with Gasteiger partial charge in [0.2, 0.25) is 0 Å². The molecular weight excluding hydrogens is 304 g/mol. The monoisotopic (exact) mass is 344 g/mol. The maximum absolute atomic E-state index is 11.5. The smallest absolute Gasteiger partial charge is 0.305 e. The predicted octanol–water partition coefficient (Wildman–Crippen LogP) is 4.61. The Morgan fingerprint density at radius 2 is 1.17 bits per heavy atom. The van der Waals surface area contributed by atoms with Crippen LogP contribution in [0, 0.1) is 5.92 Å². The lowest BCUT2D eigenvalue weighted by atomic mass is 10.0. The molecule has 0 aliphatic carbocycles. The summed E-state index contributed by atoms with van der Waals surface area (Å²) in [6.07, 6.45) is 16.4. The van der Waals surface area contributed by atoms with Crippen LogP contribution in [0.2, 0.25) is 0 Å². The van der Waals surface area contributed by atoms with Crippen molar-refractivity contribution >= 4 is 5.97 Å². The molecule has 0 fully saturated rings. The van der Waals surface area contributed by atoms with Crippen LogP contribution < -0.4 is 0 Å². The fourth-order valence-corrected chi connectivity index (χ4v) is 2.69. The second kappa shape index (κ2) is 18.7. The van der Waals surface area contributed by atoms with Crippen LogP contribution in [-0.4, -0.2) is 36.0 Å². The SMILES string of the molecule is CC(CO)COC(=O)CCCCCCCCCCCCCCCO. The quantitative estimate of drug-likeness (QED) is 0.281. The summed E-state index contributed by atoms with van der Waals surface area (Å²) in [6, 6.07) is 0. The summed E-state index contributed by atoms with van der Waals surface area (Å²) in [5.41, 5.74) is 0. The van der Waals surface area contributed by atoms with E-state index in [2.05, 4.69) is 0 Å². The molecule has 0 heterocycles. The summed E-state index contributed by atoms with van der Waals surface area (Å²) in [7, 11) is 0. The average molecular weight is 345 g/mol. The van der Waals surface area contributed by atoms with Crippen LogP contribution in [0.15, 0.2) is 0 Å². The Kier molecular flexibility index (Phi) is 18.2. The van der Waals surface area contributed by atoms with Gasteiger partial charge in [-0.3, -0.25) is 4.79 Å². The number of aliphatic hydroxyl groups is 2. The summed E-state index contributed by atoms with van der Waals surface area (Å²) in [4.78, 5) is 11.5. The second-order valence-corrected chi connectivity index (χ2v) is 7.04. The number of unbranched alkanes of at least 4 members (excludes halogenated alkanes) is 12. The average Bonchev–Trinajstić information content (AvgIpc) is 2.59. The molecule has 144 valence electrons. The summed E-state index contributed by atoms with van der Waals surface area (Å²) < 4.78 is 5.10. The van der Waals surface area contributed by atoms with Gasteiger partial charge in [-0.15, -0.1) is 0 Å². The Bertz CT molecular complexity index is 268. The molecule has 0 spiro atoms. The summed E-state index contributed by atoms with van der Waals surface area (Å²) in [5, 5.41) is 17.5. The van der Waals surface area contributed by atoms with Gasteiger partial charge < -0.3 is 14.9 Å². The summed E-state index contributed by atoms with van der Waals surface area (Å²) in [5.74, 6) is -0.0937. The Hall–Kier alpha value is -0.610. The zero-order valence-corrected chi connectivity index (χ0v) is 15.8. The molecule has 0 aromatic carbocycles. The van der Waals surface area contributed by atoms with E-state index in [9.17, 15) is 4.79 Å². The first-order chi connectivity index (χ1) is 11.7. The molecule has 0 aromatic heterocycles. The van der Waals surface area contributed by atoms with E-state index in [4.69, 9.17) is 14.9 Å². The maximum atomic E-state index is 11.5. The third-order valence-electron chi connectivity index (χ3n) is 4.38. The number of esters is 1. The van der Waals surface area contributed by atoms with Gasteiger partial charge in [-0.2, -0.15) is 0 Å². The minimum atomic E-state index is -0.130. The molecule has 0 aromatic rings. The third-order valence-corrected chi connectivity index (χ3v) is 4.38. The number of carbonyl (C=O) groups excluding carboxylic acids is 1. The first-order valence-electron chi connectivity index (χ1n) is 10.1. The Morgan fingerprint density at radius 3 is 1.58 bits per heavy atom. The number of aliphatic hydroxyl groups excluding tert-OH is 2.